The minimum atomic E-state index is -4.49. The molecule has 0 radical (unpaired) electrons. The molecule has 1 aliphatic heterocycles. The van der Waals surface area contributed by atoms with Crippen LogP contribution in [0.2, 0.25) is 0 Å². The number of hydrogen-bond acceptors (Lipinski definition) is 3. The first-order valence-electron chi connectivity index (χ1n) is 8.69. The van der Waals surface area contributed by atoms with Crippen molar-refractivity contribution in [3.63, 3.8) is 0 Å². The first-order chi connectivity index (χ1) is 12.4. The third-order valence-corrected chi connectivity index (χ3v) is 4.44. The van der Waals surface area contributed by atoms with E-state index in [0.717, 1.165) is 49.0 Å². The molecule has 0 N–H and O–H groups in total. The molecule has 4 nitrogen and oxygen atoms in total. The van der Waals surface area contributed by atoms with Gasteiger partial charge < -0.3 is 9.64 Å². The van der Waals surface area contributed by atoms with Gasteiger partial charge in [-0.05, 0) is 62.7 Å². The fraction of sp³-hybridized carbons (Fsp3) is 0.421. The van der Waals surface area contributed by atoms with Crippen molar-refractivity contribution in [2.75, 3.05) is 26.2 Å². The fourth-order valence-electron chi connectivity index (χ4n) is 3.04. The van der Waals surface area contributed by atoms with Crippen LogP contribution in [0.5, 0.6) is 5.75 Å². The Morgan fingerprint density at radius 2 is 1.69 bits per heavy atom. The van der Waals surface area contributed by atoms with Gasteiger partial charge in [0.1, 0.15) is 5.75 Å². The lowest BCUT2D eigenvalue weighted by Gasteiger charge is -2.14. The highest BCUT2D eigenvalue weighted by Crippen LogP contribution is 2.28. The van der Waals surface area contributed by atoms with E-state index in [2.05, 4.69) is 4.90 Å². The summed E-state index contributed by atoms with van der Waals surface area (Å²) in [6.45, 7) is 3.90. The second kappa shape index (κ2) is 7.95. The first kappa shape index (κ1) is 18.5. The molecular formula is C19H21F3N2O2. The summed E-state index contributed by atoms with van der Waals surface area (Å²) in [6.07, 6.45) is -0.231. The van der Waals surface area contributed by atoms with Crippen molar-refractivity contribution < 1.29 is 17.9 Å². The van der Waals surface area contributed by atoms with Crippen LogP contribution in [0.25, 0.3) is 5.69 Å². The minimum Gasteiger partial charge on any atom is -0.494 e. The van der Waals surface area contributed by atoms with E-state index in [9.17, 15) is 18.0 Å². The normalized spacial score (nSPS) is 15.3. The van der Waals surface area contributed by atoms with Crippen LogP contribution in [0, 0.1) is 0 Å². The van der Waals surface area contributed by atoms with Gasteiger partial charge in [-0.25, -0.2) is 0 Å². The van der Waals surface area contributed by atoms with E-state index in [1.54, 1.807) is 24.3 Å². The van der Waals surface area contributed by atoms with Crippen molar-refractivity contribution in [1.82, 2.24) is 9.47 Å². The predicted octanol–water partition coefficient (Wildman–Crippen LogP) is 3.72. The number of alkyl halides is 3. The topological polar surface area (TPSA) is 34.5 Å². The van der Waals surface area contributed by atoms with Gasteiger partial charge in [0.25, 0.3) is 5.56 Å². The van der Waals surface area contributed by atoms with Crippen molar-refractivity contribution in [2.45, 2.75) is 25.4 Å². The highest BCUT2D eigenvalue weighted by atomic mass is 19.4. The molecule has 1 fully saturated rings. The molecule has 0 amide bonds. The van der Waals surface area contributed by atoms with Gasteiger partial charge in [-0.2, -0.15) is 13.2 Å². The van der Waals surface area contributed by atoms with Crippen LogP contribution >= 0.6 is 0 Å². The van der Waals surface area contributed by atoms with Gasteiger partial charge in [0, 0.05) is 24.5 Å². The zero-order valence-corrected chi connectivity index (χ0v) is 14.3. The number of benzene rings is 1. The van der Waals surface area contributed by atoms with E-state index in [0.29, 0.717) is 18.0 Å². The molecule has 0 atom stereocenters. The lowest BCUT2D eigenvalue weighted by atomic mass is 10.2. The SMILES string of the molecule is O=c1ccc(C(F)(F)F)cn1-c1ccc(OCCCN2CCCC2)cc1. The maximum atomic E-state index is 12.8. The number of ether oxygens (including phenoxy) is 1. The Bertz CT molecular complexity index is 779. The van der Waals surface area contributed by atoms with Crippen molar-refractivity contribution in [2.24, 2.45) is 0 Å². The number of nitrogens with zero attached hydrogens (tertiary/aromatic N) is 2. The summed E-state index contributed by atoms with van der Waals surface area (Å²) in [7, 11) is 0. The molecule has 0 aliphatic carbocycles. The largest absolute Gasteiger partial charge is 0.494 e. The summed E-state index contributed by atoms with van der Waals surface area (Å²) < 4.78 is 45.1. The van der Waals surface area contributed by atoms with E-state index in [1.165, 1.54) is 12.8 Å². The Morgan fingerprint density at radius 3 is 2.35 bits per heavy atom. The molecule has 0 spiro atoms. The molecule has 2 heterocycles. The summed E-state index contributed by atoms with van der Waals surface area (Å²) in [5.41, 5.74) is -1.01. The molecule has 1 aromatic heterocycles. The van der Waals surface area contributed by atoms with Crippen LogP contribution in [0.3, 0.4) is 0 Å². The molecule has 0 bridgehead atoms. The number of pyridine rings is 1. The number of aromatic nitrogens is 1. The van der Waals surface area contributed by atoms with E-state index in [1.807, 2.05) is 0 Å². The van der Waals surface area contributed by atoms with E-state index >= 15 is 0 Å². The lowest BCUT2D eigenvalue weighted by Crippen LogP contribution is -2.22. The quantitative estimate of drug-likeness (QED) is 0.731. The molecule has 1 saturated heterocycles. The third-order valence-electron chi connectivity index (χ3n) is 4.44. The van der Waals surface area contributed by atoms with Crippen molar-refractivity contribution in [3.8, 4) is 11.4 Å². The van der Waals surface area contributed by atoms with Crippen LogP contribution < -0.4 is 10.3 Å². The number of rotatable bonds is 6. The van der Waals surface area contributed by atoms with Gasteiger partial charge in [0.05, 0.1) is 12.2 Å². The standard InChI is InChI=1S/C19H21F3N2O2/c20-19(21,22)15-4-9-18(25)24(14-15)16-5-7-17(8-6-16)26-13-3-12-23-10-1-2-11-23/h4-9,14H,1-3,10-13H2. The molecule has 2 aromatic rings. The molecule has 0 saturated carbocycles. The maximum Gasteiger partial charge on any atom is 0.417 e. The number of hydrogen-bond donors (Lipinski definition) is 0. The van der Waals surface area contributed by atoms with Gasteiger partial charge >= 0.3 is 6.18 Å². The van der Waals surface area contributed by atoms with Gasteiger partial charge in [-0.1, -0.05) is 0 Å². The summed E-state index contributed by atoms with van der Waals surface area (Å²) in [4.78, 5) is 14.3. The van der Waals surface area contributed by atoms with E-state index in [-0.39, 0.29) is 0 Å². The average molecular weight is 366 g/mol. The summed E-state index contributed by atoms with van der Waals surface area (Å²) in [5.74, 6) is 0.634. The highest BCUT2D eigenvalue weighted by molar-refractivity contribution is 5.38. The zero-order chi connectivity index (χ0) is 18.6. The summed E-state index contributed by atoms with van der Waals surface area (Å²) >= 11 is 0. The second-order valence-corrected chi connectivity index (χ2v) is 6.37. The maximum absolute atomic E-state index is 12.8. The minimum absolute atomic E-state index is 0.366. The molecule has 1 aliphatic rings. The second-order valence-electron chi connectivity index (χ2n) is 6.37. The van der Waals surface area contributed by atoms with E-state index < -0.39 is 17.3 Å². The Hall–Kier alpha value is -2.28. The van der Waals surface area contributed by atoms with Crippen LogP contribution in [-0.4, -0.2) is 35.7 Å². The molecule has 140 valence electrons. The summed E-state index contributed by atoms with van der Waals surface area (Å²) in [6, 6.07) is 8.20. The average Bonchev–Trinajstić information content (AvgIpc) is 3.12. The summed E-state index contributed by atoms with van der Waals surface area (Å²) in [5, 5.41) is 0. The number of likely N-dealkylation sites (tertiary alicyclic amines) is 1. The molecule has 1 aromatic carbocycles. The smallest absolute Gasteiger partial charge is 0.417 e. The Labute approximate surface area is 149 Å². The van der Waals surface area contributed by atoms with Gasteiger partial charge in [-0.3, -0.25) is 9.36 Å². The Kier molecular flexibility index (Phi) is 5.66. The van der Waals surface area contributed by atoms with Gasteiger partial charge in [-0.15, -0.1) is 0 Å². The van der Waals surface area contributed by atoms with Crippen LogP contribution in [0.15, 0.2) is 47.4 Å². The highest BCUT2D eigenvalue weighted by Gasteiger charge is 2.31. The third kappa shape index (κ3) is 4.66. The monoisotopic (exact) mass is 366 g/mol. The fourth-order valence-corrected chi connectivity index (χ4v) is 3.04. The Balaban J connectivity index is 1.61. The molecule has 3 rings (SSSR count). The van der Waals surface area contributed by atoms with Crippen LogP contribution in [-0.2, 0) is 6.18 Å². The molecule has 7 heteroatoms. The first-order valence-corrected chi connectivity index (χ1v) is 8.69. The van der Waals surface area contributed by atoms with E-state index in [4.69, 9.17) is 4.74 Å². The van der Waals surface area contributed by atoms with Crippen LogP contribution in [0.4, 0.5) is 13.2 Å². The van der Waals surface area contributed by atoms with Gasteiger partial charge in [0.15, 0.2) is 0 Å². The van der Waals surface area contributed by atoms with Crippen molar-refractivity contribution in [3.05, 3.63) is 58.5 Å². The van der Waals surface area contributed by atoms with Gasteiger partial charge in [0.2, 0.25) is 0 Å². The van der Waals surface area contributed by atoms with Crippen molar-refractivity contribution >= 4 is 0 Å². The zero-order valence-electron chi connectivity index (χ0n) is 14.3. The molecular weight excluding hydrogens is 345 g/mol. The van der Waals surface area contributed by atoms with Crippen molar-refractivity contribution in [1.29, 1.82) is 0 Å². The molecule has 0 unspecified atom stereocenters. The number of halogens is 3. The molecule has 26 heavy (non-hydrogen) atoms. The lowest BCUT2D eigenvalue weighted by molar-refractivity contribution is -0.138. The van der Waals surface area contributed by atoms with Crippen LogP contribution in [0.1, 0.15) is 24.8 Å². The Morgan fingerprint density at radius 1 is 1.00 bits per heavy atom. The predicted molar refractivity (Wildman–Crippen MR) is 92.8 cm³/mol.